The van der Waals surface area contributed by atoms with E-state index in [1.54, 1.807) is 6.08 Å². The molecule has 2 aliphatic heterocycles. The number of hydrogen-bond donors (Lipinski definition) is 2. The lowest BCUT2D eigenvalue weighted by Gasteiger charge is -2.40. The number of nitrogens with zero attached hydrogens (tertiary/aromatic N) is 2. The Bertz CT molecular complexity index is 669. The van der Waals surface area contributed by atoms with Gasteiger partial charge in [0.2, 0.25) is 0 Å². The van der Waals surface area contributed by atoms with Crippen molar-refractivity contribution >= 4 is 6.09 Å². The van der Waals surface area contributed by atoms with E-state index in [9.17, 15) is 9.90 Å². The van der Waals surface area contributed by atoms with E-state index in [0.29, 0.717) is 18.3 Å². The third-order valence-electron chi connectivity index (χ3n) is 6.43. The molecule has 7 heteroatoms. The third-order valence-corrected chi connectivity index (χ3v) is 6.43. The van der Waals surface area contributed by atoms with E-state index in [4.69, 9.17) is 9.47 Å². The summed E-state index contributed by atoms with van der Waals surface area (Å²) in [5.74, 6) is 1.40. The standard InChI is InChI=1S/C22H33N3O4/c1-2-16-3-5-17(6-4-16)25-11-9-24(10-12-25)14-18(26)15-28-19-7-8-20-21(13-19)29-22(27)23-20/h3,5,7-8,13,16-18,20-21,26H,2,4,6,9-12,14-15H2,1H3,(H,23,27)/t16-,17?,18?,20?,21?/m0/s1. The maximum absolute atomic E-state index is 11.3. The van der Waals surface area contributed by atoms with Gasteiger partial charge >= 0.3 is 6.09 Å². The lowest BCUT2D eigenvalue weighted by atomic mass is 9.90. The Morgan fingerprint density at radius 3 is 2.79 bits per heavy atom. The summed E-state index contributed by atoms with van der Waals surface area (Å²) in [5.41, 5.74) is 0. The molecule has 2 saturated heterocycles. The number of allylic oxidation sites excluding steroid dienone is 2. The van der Waals surface area contributed by atoms with E-state index in [0.717, 1.165) is 32.1 Å². The third kappa shape index (κ3) is 5.21. The van der Waals surface area contributed by atoms with Crippen molar-refractivity contribution in [2.75, 3.05) is 39.3 Å². The van der Waals surface area contributed by atoms with Crippen LogP contribution in [0.4, 0.5) is 4.79 Å². The lowest BCUT2D eigenvalue weighted by Crippen LogP contribution is -2.52. The van der Waals surface area contributed by atoms with E-state index in [1.165, 1.54) is 19.3 Å². The number of amides is 1. The van der Waals surface area contributed by atoms with Crippen LogP contribution in [-0.2, 0) is 9.47 Å². The fourth-order valence-corrected chi connectivity index (χ4v) is 4.58. The number of aliphatic hydroxyl groups is 1. The second-order valence-corrected chi connectivity index (χ2v) is 8.47. The minimum Gasteiger partial charge on any atom is -0.491 e. The molecule has 4 aliphatic rings. The molecular weight excluding hydrogens is 370 g/mol. The molecule has 5 atom stereocenters. The van der Waals surface area contributed by atoms with Crippen LogP contribution in [0.25, 0.3) is 0 Å². The van der Waals surface area contributed by atoms with Crippen molar-refractivity contribution in [1.29, 1.82) is 0 Å². The van der Waals surface area contributed by atoms with E-state index < -0.39 is 12.2 Å². The fraction of sp³-hybridized carbons (Fsp3) is 0.682. The Hall–Kier alpha value is -1.83. The minimum absolute atomic E-state index is 0.122. The zero-order valence-corrected chi connectivity index (χ0v) is 17.2. The lowest BCUT2D eigenvalue weighted by molar-refractivity contribution is 0.0244. The molecule has 2 N–H and O–H groups in total. The summed E-state index contributed by atoms with van der Waals surface area (Å²) in [6, 6.07) is 0.462. The molecule has 0 saturated carbocycles. The maximum atomic E-state index is 11.3. The molecular formula is C22H33N3O4. The smallest absolute Gasteiger partial charge is 0.408 e. The summed E-state index contributed by atoms with van der Waals surface area (Å²) in [6.45, 7) is 7.18. The molecule has 2 fully saturated rings. The van der Waals surface area contributed by atoms with Crippen LogP contribution in [0, 0.1) is 5.92 Å². The number of carbonyl (C=O) groups is 1. The van der Waals surface area contributed by atoms with Gasteiger partial charge in [-0.1, -0.05) is 25.2 Å². The van der Waals surface area contributed by atoms with Crippen LogP contribution >= 0.6 is 0 Å². The molecule has 1 amide bonds. The minimum atomic E-state index is -0.544. The molecule has 0 radical (unpaired) electrons. The van der Waals surface area contributed by atoms with Gasteiger partial charge in [0, 0.05) is 44.8 Å². The molecule has 2 heterocycles. The monoisotopic (exact) mass is 403 g/mol. The second-order valence-electron chi connectivity index (χ2n) is 8.47. The van der Waals surface area contributed by atoms with Crippen molar-refractivity contribution in [2.24, 2.45) is 5.92 Å². The highest BCUT2D eigenvalue weighted by Crippen LogP contribution is 2.24. The normalized spacial score (nSPS) is 33.6. The van der Waals surface area contributed by atoms with Crippen LogP contribution in [0.5, 0.6) is 0 Å². The Morgan fingerprint density at radius 2 is 2.07 bits per heavy atom. The maximum Gasteiger partial charge on any atom is 0.408 e. The van der Waals surface area contributed by atoms with Gasteiger partial charge < -0.3 is 19.9 Å². The second kappa shape index (κ2) is 9.32. The average molecular weight is 404 g/mol. The first kappa shape index (κ1) is 20.4. The van der Waals surface area contributed by atoms with E-state index in [-0.39, 0.29) is 18.8 Å². The van der Waals surface area contributed by atoms with Gasteiger partial charge in [-0.25, -0.2) is 4.79 Å². The van der Waals surface area contributed by atoms with Crippen molar-refractivity contribution in [3.05, 3.63) is 36.1 Å². The summed E-state index contributed by atoms with van der Waals surface area (Å²) in [4.78, 5) is 16.2. The predicted octanol–water partition coefficient (Wildman–Crippen LogP) is 1.66. The highest BCUT2D eigenvalue weighted by molar-refractivity contribution is 5.71. The summed E-state index contributed by atoms with van der Waals surface area (Å²) in [7, 11) is 0. The molecule has 0 aromatic rings. The molecule has 2 aliphatic carbocycles. The number of ether oxygens (including phenoxy) is 2. The van der Waals surface area contributed by atoms with Gasteiger partial charge in [0.05, 0.1) is 6.04 Å². The molecule has 160 valence electrons. The van der Waals surface area contributed by atoms with E-state index >= 15 is 0 Å². The zero-order valence-electron chi connectivity index (χ0n) is 17.2. The van der Waals surface area contributed by atoms with Crippen LogP contribution in [-0.4, -0.2) is 84.6 Å². The van der Waals surface area contributed by atoms with Gasteiger partial charge in [-0.3, -0.25) is 9.80 Å². The van der Waals surface area contributed by atoms with Gasteiger partial charge in [0.25, 0.3) is 0 Å². The van der Waals surface area contributed by atoms with Gasteiger partial charge in [-0.2, -0.15) is 0 Å². The van der Waals surface area contributed by atoms with Crippen LogP contribution < -0.4 is 5.32 Å². The Morgan fingerprint density at radius 1 is 1.24 bits per heavy atom. The SMILES string of the molecule is CC[C@H]1C=CC(N2CCN(CC(O)COC3=CC4OC(=O)NC4C=C3)CC2)CC1. The average Bonchev–Trinajstić information content (AvgIpc) is 3.12. The first-order valence-electron chi connectivity index (χ1n) is 10.9. The Balaban J connectivity index is 1.16. The number of fused-ring (bicyclic) bond motifs is 1. The molecule has 0 bridgehead atoms. The fourth-order valence-electron chi connectivity index (χ4n) is 4.58. The highest BCUT2D eigenvalue weighted by atomic mass is 16.6. The summed E-state index contributed by atoms with van der Waals surface area (Å²) < 4.78 is 10.9. The Kier molecular flexibility index (Phi) is 6.57. The predicted molar refractivity (Wildman–Crippen MR) is 110 cm³/mol. The van der Waals surface area contributed by atoms with Crippen LogP contribution in [0.15, 0.2) is 36.1 Å². The summed E-state index contributed by atoms with van der Waals surface area (Å²) in [5, 5.41) is 13.1. The van der Waals surface area contributed by atoms with E-state index in [1.807, 2.05) is 12.2 Å². The quantitative estimate of drug-likeness (QED) is 0.630. The van der Waals surface area contributed by atoms with Gasteiger partial charge in [-0.15, -0.1) is 0 Å². The van der Waals surface area contributed by atoms with Crippen molar-refractivity contribution in [3.63, 3.8) is 0 Å². The van der Waals surface area contributed by atoms with Crippen molar-refractivity contribution in [2.45, 2.75) is 50.5 Å². The van der Waals surface area contributed by atoms with Crippen molar-refractivity contribution < 1.29 is 19.4 Å². The number of nitrogens with one attached hydrogen (secondary N) is 1. The zero-order chi connectivity index (χ0) is 20.2. The number of alkyl carbamates (subject to hydrolysis) is 1. The summed E-state index contributed by atoms with van der Waals surface area (Å²) in [6.07, 6.45) is 12.8. The number of aliphatic hydroxyl groups excluding tert-OH is 1. The van der Waals surface area contributed by atoms with Crippen molar-refractivity contribution in [1.82, 2.24) is 15.1 Å². The number of piperazine rings is 1. The van der Waals surface area contributed by atoms with Crippen molar-refractivity contribution in [3.8, 4) is 0 Å². The molecule has 4 unspecified atom stereocenters. The van der Waals surface area contributed by atoms with Crippen LogP contribution in [0.3, 0.4) is 0 Å². The van der Waals surface area contributed by atoms with Crippen LogP contribution in [0.2, 0.25) is 0 Å². The molecule has 0 aromatic heterocycles. The number of rotatable bonds is 7. The molecule has 0 aromatic carbocycles. The summed E-state index contributed by atoms with van der Waals surface area (Å²) >= 11 is 0. The largest absolute Gasteiger partial charge is 0.491 e. The van der Waals surface area contributed by atoms with Gasteiger partial charge in [0.15, 0.2) is 0 Å². The molecule has 7 nitrogen and oxygen atoms in total. The first-order valence-corrected chi connectivity index (χ1v) is 10.9. The molecule has 29 heavy (non-hydrogen) atoms. The van der Waals surface area contributed by atoms with Gasteiger partial charge in [0.1, 0.15) is 24.6 Å². The number of carbonyl (C=O) groups excluding carboxylic acids is 1. The number of β-amino-alcohol motifs (C(OH)–C–C–N with tert-alkyl or cyclic N) is 1. The number of hydrogen-bond acceptors (Lipinski definition) is 6. The topological polar surface area (TPSA) is 74.3 Å². The van der Waals surface area contributed by atoms with Crippen LogP contribution in [0.1, 0.15) is 26.2 Å². The van der Waals surface area contributed by atoms with E-state index in [2.05, 4.69) is 34.2 Å². The molecule has 0 spiro atoms. The Labute approximate surface area is 173 Å². The highest BCUT2D eigenvalue weighted by Gasteiger charge is 2.33. The molecule has 4 rings (SSSR count). The first-order chi connectivity index (χ1) is 14.1. The van der Waals surface area contributed by atoms with Gasteiger partial charge in [-0.05, 0) is 31.3 Å².